The van der Waals surface area contributed by atoms with Crippen LogP contribution in [0.25, 0.3) is 0 Å². The van der Waals surface area contributed by atoms with Gasteiger partial charge in [0.25, 0.3) is 0 Å². The van der Waals surface area contributed by atoms with Gasteiger partial charge in [0.15, 0.2) is 18.1 Å². The summed E-state index contributed by atoms with van der Waals surface area (Å²) in [5.74, 6) is 5.37. The van der Waals surface area contributed by atoms with E-state index >= 15 is 0 Å². The van der Waals surface area contributed by atoms with Gasteiger partial charge in [0, 0.05) is 6.61 Å². The number of amides is 2. The third-order valence-corrected chi connectivity index (χ3v) is 5.17. The number of nitrogens with two attached hydrogens (primary N) is 1. The molecule has 10 heteroatoms. The molecule has 0 radical (unpaired) electrons. The van der Waals surface area contributed by atoms with Gasteiger partial charge in [-0.2, -0.15) is 5.90 Å². The van der Waals surface area contributed by atoms with Gasteiger partial charge < -0.3 is 23.8 Å². The number of benzene rings is 2. The molecule has 2 aliphatic rings. The maximum atomic E-state index is 12.9. The monoisotopic (exact) mass is 474 g/mol. The minimum atomic E-state index is -0.871. The van der Waals surface area contributed by atoms with Crippen LogP contribution in [0.5, 0.6) is 11.5 Å². The molecule has 2 heterocycles. The van der Waals surface area contributed by atoms with Crippen LogP contribution in [0.2, 0.25) is 0 Å². The molecular formula is C24H30N2O8. The Bertz CT molecular complexity index is 903. The molecular weight excluding hydrogens is 444 g/mol. The van der Waals surface area contributed by atoms with Crippen molar-refractivity contribution in [1.29, 1.82) is 0 Å². The van der Waals surface area contributed by atoms with Crippen molar-refractivity contribution in [3.63, 3.8) is 0 Å². The van der Waals surface area contributed by atoms with Gasteiger partial charge in [0.1, 0.15) is 11.8 Å². The molecule has 10 nitrogen and oxygen atoms in total. The zero-order valence-electron chi connectivity index (χ0n) is 19.3. The first-order chi connectivity index (χ1) is 16.7. The topological polar surface area (TPSA) is 119 Å². The average Bonchev–Trinajstić information content (AvgIpc) is 3.22. The number of rotatable bonds is 7. The highest BCUT2D eigenvalue weighted by molar-refractivity contribution is 5.91. The maximum Gasteiger partial charge on any atom is 0.425 e. The van der Waals surface area contributed by atoms with E-state index in [1.54, 1.807) is 0 Å². The largest absolute Gasteiger partial charge is 0.441 e. The molecule has 184 valence electrons. The number of cyclic esters (lactones) is 1. The van der Waals surface area contributed by atoms with Crippen molar-refractivity contribution in [2.45, 2.75) is 51.5 Å². The van der Waals surface area contributed by atoms with Crippen LogP contribution in [-0.2, 0) is 19.2 Å². The summed E-state index contributed by atoms with van der Waals surface area (Å²) in [6.07, 6.45) is 0.0478. The molecule has 2 N–H and O–H groups in total. The summed E-state index contributed by atoms with van der Waals surface area (Å²) in [6.45, 7) is 4.72. The van der Waals surface area contributed by atoms with Crippen LogP contribution in [-0.4, -0.2) is 42.7 Å². The summed E-state index contributed by atoms with van der Waals surface area (Å²) in [5.41, 5.74) is 0.720. The lowest BCUT2D eigenvalue weighted by Gasteiger charge is -2.26. The van der Waals surface area contributed by atoms with E-state index in [-0.39, 0.29) is 18.6 Å². The Morgan fingerprint density at radius 3 is 2.41 bits per heavy atom. The Morgan fingerprint density at radius 2 is 1.76 bits per heavy atom. The molecule has 3 atom stereocenters. The number of hydrogen-bond donors (Lipinski definition) is 1. The normalized spacial score (nSPS) is 21.8. The molecule has 2 aliphatic heterocycles. The van der Waals surface area contributed by atoms with E-state index in [1.165, 1.54) is 24.3 Å². The van der Waals surface area contributed by atoms with Crippen LogP contribution in [0.3, 0.4) is 0 Å². The lowest BCUT2D eigenvalue weighted by molar-refractivity contribution is -0.211. The molecule has 3 unspecified atom stereocenters. The second kappa shape index (κ2) is 12.9. The number of carbonyl (C=O) groups is 2. The molecule has 2 aromatic carbocycles. The summed E-state index contributed by atoms with van der Waals surface area (Å²) in [6, 6.07) is 14.3. The van der Waals surface area contributed by atoms with Crippen LogP contribution in [0.1, 0.15) is 44.7 Å². The smallest absolute Gasteiger partial charge is 0.425 e. The van der Waals surface area contributed by atoms with Gasteiger partial charge >= 0.3 is 12.2 Å². The summed E-state index contributed by atoms with van der Waals surface area (Å²) >= 11 is 0. The van der Waals surface area contributed by atoms with Crippen molar-refractivity contribution in [1.82, 2.24) is 4.90 Å². The van der Waals surface area contributed by atoms with E-state index in [1.807, 2.05) is 44.2 Å². The fourth-order valence-corrected chi connectivity index (χ4v) is 3.67. The Labute approximate surface area is 198 Å². The Hall–Kier alpha value is -3.18. The van der Waals surface area contributed by atoms with Crippen LogP contribution in [0.4, 0.5) is 9.59 Å². The van der Waals surface area contributed by atoms with Gasteiger partial charge in [0.05, 0.1) is 6.61 Å². The average molecular weight is 475 g/mol. The van der Waals surface area contributed by atoms with Gasteiger partial charge in [-0.15, -0.1) is 0 Å². The summed E-state index contributed by atoms with van der Waals surface area (Å²) < 4.78 is 22.3. The molecule has 0 aliphatic carbocycles. The highest BCUT2D eigenvalue weighted by Gasteiger charge is 2.47. The fraction of sp³-hybridized carbons (Fsp3) is 0.417. The van der Waals surface area contributed by atoms with Gasteiger partial charge in [0.2, 0.25) is 0 Å². The van der Waals surface area contributed by atoms with Crippen molar-refractivity contribution in [3.05, 3.63) is 60.2 Å². The van der Waals surface area contributed by atoms with E-state index in [4.69, 9.17) is 24.8 Å². The molecule has 2 saturated heterocycles. The lowest BCUT2D eigenvalue weighted by Crippen LogP contribution is -2.38. The number of carbonyl (C=O) groups excluding carboxylic acids is 2. The molecule has 0 saturated carbocycles. The van der Waals surface area contributed by atoms with E-state index in [9.17, 15) is 9.59 Å². The van der Waals surface area contributed by atoms with Crippen LogP contribution >= 0.6 is 0 Å². The van der Waals surface area contributed by atoms with Gasteiger partial charge in [-0.25, -0.2) is 14.5 Å². The lowest BCUT2D eigenvalue weighted by atomic mass is 10.0. The minimum Gasteiger partial charge on any atom is -0.441 e. The number of hydrogen-bond acceptors (Lipinski definition) is 9. The SMILES string of the molecule is CC.NOOc1ccc(OC(=O)N2C(=O)OC(COC3CCCCO3)C2c2ccccc2)cc1. The third-order valence-electron chi connectivity index (χ3n) is 5.17. The molecule has 0 aromatic heterocycles. The number of nitrogens with zero attached hydrogens (tertiary/aromatic N) is 1. The number of imide groups is 1. The summed E-state index contributed by atoms with van der Waals surface area (Å²) in [7, 11) is 0. The van der Waals surface area contributed by atoms with Crippen molar-refractivity contribution in [2.75, 3.05) is 13.2 Å². The Balaban J connectivity index is 0.00000158. The standard InChI is InChI=1S/C22H24N2O8.C2H6/c23-32-31-17-11-9-16(10-12-17)29-21(25)24-20(15-6-2-1-3-7-15)18(30-22(24)26)14-28-19-8-4-5-13-27-19;1-2/h1-3,6-7,9-12,18-20H,4-5,8,13-14,23H2;1-2H3. The highest BCUT2D eigenvalue weighted by Crippen LogP contribution is 2.35. The van der Waals surface area contributed by atoms with Crippen molar-refractivity contribution < 1.29 is 38.4 Å². The van der Waals surface area contributed by atoms with Gasteiger partial charge in [-0.1, -0.05) is 49.2 Å². The van der Waals surface area contributed by atoms with Crippen molar-refractivity contribution in [3.8, 4) is 11.5 Å². The predicted molar refractivity (Wildman–Crippen MR) is 121 cm³/mol. The van der Waals surface area contributed by atoms with Gasteiger partial charge in [-0.3, -0.25) is 0 Å². The first kappa shape index (κ1) is 25.4. The van der Waals surface area contributed by atoms with Gasteiger partial charge in [-0.05, 0) is 49.1 Å². The van der Waals surface area contributed by atoms with E-state index < -0.39 is 24.3 Å². The predicted octanol–water partition coefficient (Wildman–Crippen LogP) is 4.50. The number of ether oxygens (including phenoxy) is 4. The molecule has 0 bridgehead atoms. The van der Waals surface area contributed by atoms with Crippen molar-refractivity contribution >= 4 is 12.2 Å². The van der Waals surface area contributed by atoms with Crippen molar-refractivity contribution in [2.24, 2.45) is 5.90 Å². The minimum absolute atomic E-state index is 0.0882. The zero-order valence-corrected chi connectivity index (χ0v) is 19.3. The summed E-state index contributed by atoms with van der Waals surface area (Å²) in [5, 5.41) is 0. The molecule has 2 aromatic rings. The van der Waals surface area contributed by atoms with Crippen LogP contribution < -0.4 is 15.5 Å². The van der Waals surface area contributed by atoms with Crippen LogP contribution in [0.15, 0.2) is 54.6 Å². The molecule has 2 amide bonds. The molecule has 34 heavy (non-hydrogen) atoms. The second-order valence-corrected chi connectivity index (χ2v) is 7.30. The molecule has 4 rings (SSSR count). The zero-order chi connectivity index (χ0) is 24.3. The third kappa shape index (κ3) is 6.45. The van der Waals surface area contributed by atoms with E-state index in [0.29, 0.717) is 12.4 Å². The Kier molecular flexibility index (Phi) is 9.65. The van der Waals surface area contributed by atoms with E-state index in [0.717, 1.165) is 29.7 Å². The first-order valence-electron chi connectivity index (χ1n) is 11.3. The Morgan fingerprint density at radius 1 is 1.06 bits per heavy atom. The molecule has 0 spiro atoms. The maximum absolute atomic E-state index is 12.9. The first-order valence-corrected chi connectivity index (χ1v) is 11.3. The second-order valence-electron chi connectivity index (χ2n) is 7.30. The van der Waals surface area contributed by atoms with E-state index in [2.05, 4.69) is 9.88 Å². The quantitative estimate of drug-likeness (QED) is 0.457. The highest BCUT2D eigenvalue weighted by atomic mass is 17.3. The fourth-order valence-electron chi connectivity index (χ4n) is 3.67. The molecule has 2 fully saturated rings. The van der Waals surface area contributed by atoms with Crippen LogP contribution in [0, 0.1) is 0 Å². The summed E-state index contributed by atoms with van der Waals surface area (Å²) in [4.78, 5) is 35.3.